The molecule has 0 aliphatic carbocycles. The van der Waals surface area contributed by atoms with Crippen molar-refractivity contribution < 1.29 is 23.8 Å². The van der Waals surface area contributed by atoms with Crippen molar-refractivity contribution in [1.29, 1.82) is 0 Å². The van der Waals surface area contributed by atoms with Crippen molar-refractivity contribution in [2.75, 3.05) is 39.4 Å². The van der Waals surface area contributed by atoms with Gasteiger partial charge in [0.2, 0.25) is 0 Å². The van der Waals surface area contributed by atoms with Crippen molar-refractivity contribution in [1.82, 2.24) is 20.7 Å². The molecule has 174 valence electrons. The van der Waals surface area contributed by atoms with Gasteiger partial charge in [-0.3, -0.25) is 25.3 Å². The number of hydrogen-bond donors (Lipinski definition) is 3. The Morgan fingerprint density at radius 2 is 1.75 bits per heavy atom. The van der Waals surface area contributed by atoms with Crippen LogP contribution in [-0.4, -0.2) is 78.1 Å². The smallest absolute Gasteiger partial charge is 0.290 e. The lowest BCUT2D eigenvalue weighted by Gasteiger charge is -2.30. The van der Waals surface area contributed by atoms with E-state index in [-0.39, 0.29) is 23.4 Å². The Morgan fingerprint density at radius 1 is 1.12 bits per heavy atom. The van der Waals surface area contributed by atoms with Crippen molar-refractivity contribution in [3.63, 3.8) is 0 Å². The highest BCUT2D eigenvalue weighted by atomic mass is 19.1. The van der Waals surface area contributed by atoms with Crippen molar-refractivity contribution in [3.05, 3.63) is 47.0 Å². The summed E-state index contributed by atoms with van der Waals surface area (Å²) >= 11 is 0. The van der Waals surface area contributed by atoms with E-state index in [0.717, 1.165) is 19.6 Å². The zero-order valence-corrected chi connectivity index (χ0v) is 18.5. The number of amides is 1. The quantitative estimate of drug-likeness (QED) is 0.582. The molecule has 1 aromatic rings. The molecule has 8 nitrogen and oxygen atoms in total. The molecule has 0 saturated carbocycles. The predicted molar refractivity (Wildman–Crippen MR) is 116 cm³/mol. The number of rotatable bonds is 7. The average molecular weight is 447 g/mol. The summed E-state index contributed by atoms with van der Waals surface area (Å²) in [5.74, 6) is -2.15. The number of hydrogen-bond acceptors (Lipinski definition) is 7. The number of ketones is 1. The Balaban J connectivity index is 1.59. The number of nitrogens with zero attached hydrogens (tertiary/aromatic N) is 2. The molecule has 2 saturated heterocycles. The standard InChI is InChI=1S/C23H31FN4O4/c1-14-18(15(2)26-25-14)21(29)19-20(16-4-6-17(24)7-5-16)28(23(31)22(19)30)9-3-8-27-10-12-32-13-11-27/h4-7,14-15,18,20,25-26,30H,3,8-13H2,1-2H3. The molecule has 3 atom stereocenters. The van der Waals surface area contributed by atoms with E-state index in [9.17, 15) is 19.1 Å². The first-order valence-electron chi connectivity index (χ1n) is 11.2. The Hall–Kier alpha value is -2.33. The van der Waals surface area contributed by atoms with E-state index in [1.54, 1.807) is 17.0 Å². The zero-order chi connectivity index (χ0) is 22.8. The highest BCUT2D eigenvalue weighted by molar-refractivity contribution is 6.10. The second kappa shape index (κ2) is 9.66. The molecule has 3 aliphatic heterocycles. The van der Waals surface area contributed by atoms with Gasteiger partial charge in [0.05, 0.1) is 30.7 Å². The average Bonchev–Trinajstić information content (AvgIpc) is 3.25. The lowest BCUT2D eigenvalue weighted by atomic mass is 9.84. The van der Waals surface area contributed by atoms with Crippen LogP contribution in [0.1, 0.15) is 31.9 Å². The summed E-state index contributed by atoms with van der Waals surface area (Å²) in [6.45, 7) is 8.04. The molecule has 3 aliphatic rings. The van der Waals surface area contributed by atoms with Gasteiger partial charge in [-0.25, -0.2) is 4.39 Å². The Morgan fingerprint density at radius 3 is 2.38 bits per heavy atom. The van der Waals surface area contributed by atoms with E-state index in [1.165, 1.54) is 12.1 Å². The lowest BCUT2D eigenvalue weighted by Crippen LogP contribution is -2.39. The van der Waals surface area contributed by atoms with Crippen LogP contribution in [0, 0.1) is 11.7 Å². The molecule has 1 amide bonds. The van der Waals surface area contributed by atoms with Crippen LogP contribution >= 0.6 is 0 Å². The van der Waals surface area contributed by atoms with E-state index in [2.05, 4.69) is 15.8 Å². The summed E-state index contributed by atoms with van der Waals surface area (Å²) in [6.07, 6.45) is 0.692. The Bertz CT molecular complexity index is 874. The molecule has 0 radical (unpaired) electrons. The highest BCUT2D eigenvalue weighted by Gasteiger charge is 2.47. The van der Waals surface area contributed by atoms with Crippen LogP contribution in [0.25, 0.3) is 0 Å². The fourth-order valence-corrected chi connectivity index (χ4v) is 4.93. The number of hydrazine groups is 1. The first-order chi connectivity index (χ1) is 15.4. The van der Waals surface area contributed by atoms with Crippen LogP contribution in [0.4, 0.5) is 4.39 Å². The number of ether oxygens (including phenoxy) is 1. The van der Waals surface area contributed by atoms with Crippen LogP contribution in [0.15, 0.2) is 35.6 Å². The summed E-state index contributed by atoms with van der Waals surface area (Å²) in [4.78, 5) is 30.4. The molecule has 1 aromatic carbocycles. The normalized spacial score (nSPS) is 29.2. The first kappa shape index (κ1) is 22.8. The van der Waals surface area contributed by atoms with Gasteiger partial charge in [0.15, 0.2) is 11.5 Å². The number of aliphatic hydroxyl groups is 1. The number of nitrogens with one attached hydrogen (secondary N) is 2. The van der Waals surface area contributed by atoms with Gasteiger partial charge in [-0.15, -0.1) is 0 Å². The first-order valence-corrected chi connectivity index (χ1v) is 11.2. The number of carbonyl (C=O) groups is 2. The van der Waals surface area contributed by atoms with Crippen molar-refractivity contribution in [2.45, 2.75) is 38.4 Å². The van der Waals surface area contributed by atoms with Gasteiger partial charge in [-0.05, 0) is 38.0 Å². The molecule has 3 unspecified atom stereocenters. The monoisotopic (exact) mass is 446 g/mol. The minimum Gasteiger partial charge on any atom is -0.503 e. The fraction of sp³-hybridized carbons (Fsp3) is 0.565. The van der Waals surface area contributed by atoms with Crippen LogP contribution in [0.2, 0.25) is 0 Å². The number of morpholine rings is 1. The molecule has 9 heteroatoms. The number of Topliss-reactive ketones (excluding diaryl/α,β-unsaturated/α-hetero) is 1. The number of carbonyl (C=O) groups excluding carboxylic acids is 2. The van der Waals surface area contributed by atoms with Gasteiger partial charge in [0.25, 0.3) is 5.91 Å². The summed E-state index contributed by atoms with van der Waals surface area (Å²) in [6, 6.07) is 4.73. The SMILES string of the molecule is CC1NNC(C)C1C(=O)C1=C(O)C(=O)N(CCCN2CCOCC2)C1c1ccc(F)cc1. The molecule has 0 spiro atoms. The van der Waals surface area contributed by atoms with Gasteiger partial charge < -0.3 is 14.7 Å². The number of benzene rings is 1. The number of halogens is 1. The molecule has 2 fully saturated rings. The summed E-state index contributed by atoms with van der Waals surface area (Å²) in [5.41, 5.74) is 6.82. The predicted octanol–water partition coefficient (Wildman–Crippen LogP) is 1.31. The van der Waals surface area contributed by atoms with Crippen molar-refractivity contribution in [3.8, 4) is 0 Å². The molecule has 0 aromatic heterocycles. The van der Waals surface area contributed by atoms with Crippen LogP contribution in [0.3, 0.4) is 0 Å². The zero-order valence-electron chi connectivity index (χ0n) is 18.5. The van der Waals surface area contributed by atoms with E-state index in [1.807, 2.05) is 13.8 Å². The van der Waals surface area contributed by atoms with E-state index < -0.39 is 29.4 Å². The maximum Gasteiger partial charge on any atom is 0.290 e. The van der Waals surface area contributed by atoms with Crippen LogP contribution < -0.4 is 10.9 Å². The second-order valence-electron chi connectivity index (χ2n) is 8.78. The molecule has 32 heavy (non-hydrogen) atoms. The molecular weight excluding hydrogens is 415 g/mol. The summed E-state index contributed by atoms with van der Waals surface area (Å²) in [5, 5.41) is 10.8. The van der Waals surface area contributed by atoms with E-state index in [4.69, 9.17) is 4.74 Å². The minimum atomic E-state index is -0.736. The highest BCUT2D eigenvalue weighted by Crippen LogP contribution is 2.40. The van der Waals surface area contributed by atoms with Crippen molar-refractivity contribution >= 4 is 11.7 Å². The number of aliphatic hydroxyl groups excluding tert-OH is 1. The van der Waals surface area contributed by atoms with E-state index in [0.29, 0.717) is 31.7 Å². The van der Waals surface area contributed by atoms with Gasteiger partial charge in [0.1, 0.15) is 5.82 Å². The maximum absolute atomic E-state index is 13.6. The third kappa shape index (κ3) is 4.43. The lowest BCUT2D eigenvalue weighted by molar-refractivity contribution is -0.129. The van der Waals surface area contributed by atoms with E-state index >= 15 is 0 Å². The van der Waals surface area contributed by atoms with Gasteiger partial charge in [-0.1, -0.05) is 12.1 Å². The van der Waals surface area contributed by atoms with Crippen LogP contribution in [0.5, 0.6) is 0 Å². The minimum absolute atomic E-state index is 0.0992. The third-order valence-electron chi connectivity index (χ3n) is 6.65. The Labute approximate surface area is 187 Å². The molecule has 3 N–H and O–H groups in total. The van der Waals surface area contributed by atoms with Crippen LogP contribution in [-0.2, 0) is 14.3 Å². The second-order valence-corrected chi connectivity index (χ2v) is 8.78. The third-order valence-corrected chi connectivity index (χ3v) is 6.65. The van der Waals surface area contributed by atoms with Crippen molar-refractivity contribution in [2.24, 2.45) is 5.92 Å². The van der Waals surface area contributed by atoms with Gasteiger partial charge >= 0.3 is 0 Å². The van der Waals surface area contributed by atoms with Gasteiger partial charge in [0, 0.05) is 38.3 Å². The maximum atomic E-state index is 13.6. The topological polar surface area (TPSA) is 94.1 Å². The molecular formula is C23H31FN4O4. The molecule has 0 bridgehead atoms. The summed E-state index contributed by atoms with van der Waals surface area (Å²) in [7, 11) is 0. The summed E-state index contributed by atoms with van der Waals surface area (Å²) < 4.78 is 19.0. The fourth-order valence-electron chi connectivity index (χ4n) is 4.93. The molecule has 4 rings (SSSR count). The Kier molecular flexibility index (Phi) is 6.90. The largest absolute Gasteiger partial charge is 0.503 e. The van der Waals surface area contributed by atoms with Gasteiger partial charge in [-0.2, -0.15) is 0 Å². The molecule has 3 heterocycles.